The van der Waals surface area contributed by atoms with Gasteiger partial charge in [0.05, 0.1) is 12.2 Å². The number of aliphatic carboxylic acids is 1. The summed E-state index contributed by atoms with van der Waals surface area (Å²) in [5.41, 5.74) is 0. The monoisotopic (exact) mass is 393 g/mol. The van der Waals surface area contributed by atoms with Crippen molar-refractivity contribution >= 4 is 11.9 Å². The van der Waals surface area contributed by atoms with Crippen molar-refractivity contribution in [3.8, 4) is 0 Å². The van der Waals surface area contributed by atoms with Crippen molar-refractivity contribution < 1.29 is 19.4 Å². The summed E-state index contributed by atoms with van der Waals surface area (Å²) in [6, 6.07) is 0. The molecule has 2 N–H and O–H groups in total. The zero-order valence-electron chi connectivity index (χ0n) is 17.5. The first kappa shape index (κ1) is 22.9. The number of ether oxygens (including phenoxy) is 1. The molecule has 2 saturated heterocycles. The van der Waals surface area contributed by atoms with Gasteiger partial charge < -0.3 is 15.2 Å². The Kier molecular flexibility index (Phi) is 10.6. The third-order valence-corrected chi connectivity index (χ3v) is 6.22. The normalized spacial score (nSPS) is 26.2. The lowest BCUT2D eigenvalue weighted by atomic mass is 9.77. The van der Waals surface area contributed by atoms with Gasteiger partial charge in [-0.1, -0.05) is 51.2 Å². The smallest absolute Gasteiger partial charge is 0.303 e. The fourth-order valence-electron chi connectivity index (χ4n) is 4.61. The minimum absolute atomic E-state index is 0.182. The highest BCUT2D eigenvalue weighted by Gasteiger charge is 2.47. The standard InChI is InChI=1S/C23H39NO4/c1-2-3-4-5-6-10-13-22(25)24-17-19-18(20-15-16-21(19)28-20)12-9-7-8-11-14-23(26)27/h7,9,18-21H,2-6,8,10-17H2,1H3,(H,24,25)(H,26,27)/b9-7+. The average Bonchev–Trinajstić information content (AvgIpc) is 3.27. The van der Waals surface area contributed by atoms with E-state index >= 15 is 0 Å². The predicted molar refractivity (Wildman–Crippen MR) is 111 cm³/mol. The van der Waals surface area contributed by atoms with E-state index in [-0.39, 0.29) is 12.3 Å². The maximum Gasteiger partial charge on any atom is 0.303 e. The molecular formula is C23H39NO4. The molecule has 2 bridgehead atoms. The van der Waals surface area contributed by atoms with Gasteiger partial charge in [-0.2, -0.15) is 0 Å². The van der Waals surface area contributed by atoms with E-state index in [1.165, 1.54) is 25.7 Å². The number of rotatable bonds is 15. The molecule has 4 atom stereocenters. The fourth-order valence-corrected chi connectivity index (χ4v) is 4.61. The zero-order valence-corrected chi connectivity index (χ0v) is 17.5. The van der Waals surface area contributed by atoms with Crippen LogP contribution in [0.25, 0.3) is 0 Å². The van der Waals surface area contributed by atoms with E-state index in [2.05, 4.69) is 24.4 Å². The van der Waals surface area contributed by atoms with Crippen LogP contribution < -0.4 is 5.32 Å². The predicted octanol–water partition coefficient (Wildman–Crippen LogP) is 4.85. The van der Waals surface area contributed by atoms with E-state index in [0.717, 1.165) is 45.1 Å². The number of hydrogen-bond donors (Lipinski definition) is 2. The molecule has 0 aromatic carbocycles. The van der Waals surface area contributed by atoms with Gasteiger partial charge in [0.1, 0.15) is 0 Å². The number of carbonyl (C=O) groups is 2. The summed E-state index contributed by atoms with van der Waals surface area (Å²) in [7, 11) is 0. The molecule has 160 valence electrons. The lowest BCUT2D eigenvalue weighted by Gasteiger charge is -2.27. The van der Waals surface area contributed by atoms with Crippen LogP contribution >= 0.6 is 0 Å². The maximum absolute atomic E-state index is 12.2. The second-order valence-corrected chi connectivity index (χ2v) is 8.43. The summed E-state index contributed by atoms with van der Waals surface area (Å²) in [5.74, 6) is 0.340. The minimum Gasteiger partial charge on any atom is -0.481 e. The molecule has 4 unspecified atom stereocenters. The molecule has 0 radical (unpaired) electrons. The molecule has 0 aromatic heterocycles. The highest BCUT2D eigenvalue weighted by atomic mass is 16.5. The third-order valence-electron chi connectivity index (χ3n) is 6.22. The first-order valence-corrected chi connectivity index (χ1v) is 11.4. The van der Waals surface area contributed by atoms with Gasteiger partial charge in [0.2, 0.25) is 5.91 Å². The second-order valence-electron chi connectivity index (χ2n) is 8.43. The number of allylic oxidation sites excluding steroid dienone is 2. The molecule has 2 aliphatic rings. The molecule has 2 aliphatic heterocycles. The number of hydrogen-bond acceptors (Lipinski definition) is 3. The van der Waals surface area contributed by atoms with Gasteiger partial charge in [0.15, 0.2) is 0 Å². The number of fused-ring (bicyclic) bond motifs is 2. The Balaban J connectivity index is 1.64. The molecule has 28 heavy (non-hydrogen) atoms. The highest BCUT2D eigenvalue weighted by Crippen LogP contribution is 2.44. The van der Waals surface area contributed by atoms with Gasteiger partial charge in [-0.25, -0.2) is 0 Å². The Bertz CT molecular complexity index is 505. The summed E-state index contributed by atoms with van der Waals surface area (Å²) in [5, 5.41) is 11.8. The lowest BCUT2D eigenvalue weighted by Crippen LogP contribution is -2.38. The molecule has 5 heteroatoms. The van der Waals surface area contributed by atoms with Crippen molar-refractivity contribution in [2.24, 2.45) is 11.8 Å². The number of amides is 1. The maximum atomic E-state index is 12.2. The SMILES string of the molecule is CCCCCCCCC(=O)NCC1C2CCC(O2)C1C/C=C/CCCC(=O)O. The van der Waals surface area contributed by atoms with Gasteiger partial charge in [-0.05, 0) is 44.4 Å². The summed E-state index contributed by atoms with van der Waals surface area (Å²) >= 11 is 0. The van der Waals surface area contributed by atoms with Gasteiger partial charge in [-0.3, -0.25) is 9.59 Å². The van der Waals surface area contributed by atoms with Crippen molar-refractivity contribution in [2.45, 2.75) is 103 Å². The van der Waals surface area contributed by atoms with Crippen molar-refractivity contribution in [2.75, 3.05) is 6.54 Å². The van der Waals surface area contributed by atoms with Crippen LogP contribution in [0.5, 0.6) is 0 Å². The van der Waals surface area contributed by atoms with Gasteiger partial charge in [0, 0.05) is 25.3 Å². The Labute approximate surface area is 170 Å². The quantitative estimate of drug-likeness (QED) is 0.308. The number of carboxylic acids is 1. The zero-order chi connectivity index (χ0) is 20.2. The van der Waals surface area contributed by atoms with E-state index in [1.807, 2.05) is 0 Å². The molecular weight excluding hydrogens is 354 g/mol. The highest BCUT2D eigenvalue weighted by molar-refractivity contribution is 5.75. The van der Waals surface area contributed by atoms with Gasteiger partial charge in [0.25, 0.3) is 0 Å². The van der Waals surface area contributed by atoms with Crippen LogP contribution in [0, 0.1) is 11.8 Å². The Morgan fingerprint density at radius 2 is 1.68 bits per heavy atom. The summed E-state index contributed by atoms with van der Waals surface area (Å²) in [6.45, 7) is 2.95. The van der Waals surface area contributed by atoms with Crippen LogP contribution in [0.15, 0.2) is 12.2 Å². The van der Waals surface area contributed by atoms with Crippen LogP contribution in [-0.4, -0.2) is 35.7 Å². The Hall–Kier alpha value is -1.36. The second kappa shape index (κ2) is 13.0. The molecule has 5 nitrogen and oxygen atoms in total. The summed E-state index contributed by atoms with van der Waals surface area (Å²) in [6.07, 6.45) is 17.7. The van der Waals surface area contributed by atoms with Crippen LogP contribution in [0.1, 0.15) is 90.4 Å². The molecule has 0 aliphatic carbocycles. The van der Waals surface area contributed by atoms with Crippen molar-refractivity contribution in [1.82, 2.24) is 5.32 Å². The number of unbranched alkanes of at least 4 members (excludes halogenated alkanes) is 6. The van der Waals surface area contributed by atoms with Crippen molar-refractivity contribution in [3.63, 3.8) is 0 Å². The third kappa shape index (κ3) is 7.94. The van der Waals surface area contributed by atoms with E-state index in [1.54, 1.807) is 0 Å². The van der Waals surface area contributed by atoms with Crippen LogP contribution in [0.3, 0.4) is 0 Å². The number of carbonyl (C=O) groups excluding carboxylic acids is 1. The molecule has 2 rings (SSSR count). The molecule has 2 fully saturated rings. The first-order valence-electron chi connectivity index (χ1n) is 11.4. The van der Waals surface area contributed by atoms with Gasteiger partial charge >= 0.3 is 5.97 Å². The summed E-state index contributed by atoms with van der Waals surface area (Å²) < 4.78 is 6.11. The average molecular weight is 394 g/mol. The first-order chi connectivity index (χ1) is 13.6. The minimum atomic E-state index is -0.730. The lowest BCUT2D eigenvalue weighted by molar-refractivity contribution is -0.137. The van der Waals surface area contributed by atoms with Crippen molar-refractivity contribution in [1.29, 1.82) is 0 Å². The Morgan fingerprint density at radius 3 is 2.43 bits per heavy atom. The molecule has 2 heterocycles. The van der Waals surface area contributed by atoms with Crippen molar-refractivity contribution in [3.05, 3.63) is 12.2 Å². The van der Waals surface area contributed by atoms with E-state index < -0.39 is 5.97 Å². The number of carboxylic acid groups (broad SMARTS) is 1. The molecule has 1 amide bonds. The topological polar surface area (TPSA) is 75.6 Å². The van der Waals surface area contributed by atoms with E-state index in [0.29, 0.717) is 36.9 Å². The van der Waals surface area contributed by atoms with Crippen LogP contribution in [0.2, 0.25) is 0 Å². The van der Waals surface area contributed by atoms with Crippen LogP contribution in [0.4, 0.5) is 0 Å². The number of nitrogens with one attached hydrogen (secondary N) is 1. The molecule has 0 spiro atoms. The largest absolute Gasteiger partial charge is 0.481 e. The Morgan fingerprint density at radius 1 is 0.964 bits per heavy atom. The molecule has 0 saturated carbocycles. The van der Waals surface area contributed by atoms with Crippen LogP contribution in [-0.2, 0) is 14.3 Å². The fraction of sp³-hybridized carbons (Fsp3) is 0.826. The van der Waals surface area contributed by atoms with Gasteiger partial charge in [-0.15, -0.1) is 0 Å². The van der Waals surface area contributed by atoms with E-state index in [4.69, 9.17) is 9.84 Å². The summed E-state index contributed by atoms with van der Waals surface area (Å²) in [4.78, 5) is 22.7. The van der Waals surface area contributed by atoms with E-state index in [9.17, 15) is 9.59 Å². The molecule has 0 aromatic rings.